The van der Waals surface area contributed by atoms with Crippen molar-refractivity contribution in [3.05, 3.63) is 36.5 Å². The molecular weight excluding hydrogens is 209 g/mol. The van der Waals surface area contributed by atoms with Gasteiger partial charge in [-0.3, -0.25) is 0 Å². The van der Waals surface area contributed by atoms with Crippen LogP contribution in [0.25, 0.3) is 22.2 Å². The number of hydrogen-bond donors (Lipinski definition) is 2. The summed E-state index contributed by atoms with van der Waals surface area (Å²) < 4.78 is 17.9. The number of aromatic nitrogens is 2. The SMILES string of the molecule is Nc1nc(-c2c[nH]c3cc(F)ccc23)co1. The Kier molecular flexibility index (Phi) is 1.73. The zero-order valence-electron chi connectivity index (χ0n) is 8.20. The van der Waals surface area contributed by atoms with Crippen LogP contribution in [0.2, 0.25) is 0 Å². The van der Waals surface area contributed by atoms with E-state index in [4.69, 9.17) is 10.2 Å². The fourth-order valence-corrected chi connectivity index (χ4v) is 1.72. The summed E-state index contributed by atoms with van der Waals surface area (Å²) in [6.45, 7) is 0. The van der Waals surface area contributed by atoms with E-state index in [1.54, 1.807) is 12.3 Å². The van der Waals surface area contributed by atoms with Crippen molar-refractivity contribution in [2.75, 3.05) is 5.73 Å². The summed E-state index contributed by atoms with van der Waals surface area (Å²) in [6.07, 6.45) is 3.22. The van der Waals surface area contributed by atoms with E-state index in [9.17, 15) is 4.39 Å². The van der Waals surface area contributed by atoms with E-state index in [1.807, 2.05) is 0 Å². The van der Waals surface area contributed by atoms with Gasteiger partial charge in [0.15, 0.2) is 0 Å². The Morgan fingerprint density at radius 1 is 1.38 bits per heavy atom. The van der Waals surface area contributed by atoms with Crippen molar-refractivity contribution in [3.8, 4) is 11.3 Å². The first-order valence-electron chi connectivity index (χ1n) is 4.72. The fraction of sp³-hybridized carbons (Fsp3) is 0. The number of halogens is 1. The standard InChI is InChI=1S/C11H8FN3O/c12-6-1-2-7-8(4-14-9(7)3-6)10-5-16-11(13)15-10/h1-5,14H,(H2,13,15). The first kappa shape index (κ1) is 8.96. The van der Waals surface area contributed by atoms with Crippen LogP contribution in [0.15, 0.2) is 35.1 Å². The molecule has 0 aliphatic rings. The number of oxazole rings is 1. The number of nitrogens with one attached hydrogen (secondary N) is 1. The second kappa shape index (κ2) is 3.10. The molecule has 0 atom stereocenters. The molecular formula is C11H8FN3O. The van der Waals surface area contributed by atoms with E-state index >= 15 is 0 Å². The Hall–Kier alpha value is -2.30. The van der Waals surface area contributed by atoms with E-state index in [0.29, 0.717) is 5.69 Å². The maximum absolute atomic E-state index is 13.0. The van der Waals surface area contributed by atoms with Gasteiger partial charge in [0, 0.05) is 22.7 Å². The Balaban J connectivity index is 2.25. The van der Waals surface area contributed by atoms with Crippen LogP contribution in [0, 0.1) is 5.82 Å². The third kappa shape index (κ3) is 1.25. The minimum atomic E-state index is -0.277. The van der Waals surface area contributed by atoms with Crippen molar-refractivity contribution in [2.45, 2.75) is 0 Å². The molecule has 3 aromatic rings. The van der Waals surface area contributed by atoms with Crippen LogP contribution in [0.1, 0.15) is 0 Å². The normalized spacial score (nSPS) is 11.1. The molecule has 80 valence electrons. The molecule has 5 heteroatoms. The lowest BCUT2D eigenvalue weighted by molar-refractivity contribution is 0.581. The van der Waals surface area contributed by atoms with E-state index in [2.05, 4.69) is 9.97 Å². The van der Waals surface area contributed by atoms with Crippen LogP contribution in [0.3, 0.4) is 0 Å². The van der Waals surface area contributed by atoms with Crippen molar-refractivity contribution in [2.24, 2.45) is 0 Å². The smallest absolute Gasteiger partial charge is 0.292 e. The molecule has 0 saturated carbocycles. The molecule has 0 aliphatic heterocycles. The monoisotopic (exact) mass is 217 g/mol. The molecule has 0 fully saturated rings. The maximum atomic E-state index is 13.0. The minimum absolute atomic E-state index is 0.117. The third-order valence-electron chi connectivity index (χ3n) is 2.44. The van der Waals surface area contributed by atoms with E-state index in [1.165, 1.54) is 18.4 Å². The second-order valence-corrected chi connectivity index (χ2v) is 3.46. The van der Waals surface area contributed by atoms with Crippen molar-refractivity contribution in [3.63, 3.8) is 0 Å². The van der Waals surface area contributed by atoms with Gasteiger partial charge in [0.2, 0.25) is 0 Å². The average molecular weight is 217 g/mol. The van der Waals surface area contributed by atoms with Gasteiger partial charge < -0.3 is 15.1 Å². The highest BCUT2D eigenvalue weighted by Gasteiger charge is 2.10. The number of aromatic amines is 1. The summed E-state index contributed by atoms with van der Waals surface area (Å²) in [5, 5.41) is 0.884. The van der Waals surface area contributed by atoms with Gasteiger partial charge in [-0.25, -0.2) is 4.39 Å². The summed E-state index contributed by atoms with van der Waals surface area (Å²) in [5.74, 6) is -0.277. The second-order valence-electron chi connectivity index (χ2n) is 3.46. The number of nitrogens with two attached hydrogens (primary N) is 1. The zero-order chi connectivity index (χ0) is 11.1. The number of nitrogen functional groups attached to an aromatic ring is 1. The predicted octanol–water partition coefficient (Wildman–Crippen LogP) is 2.54. The molecule has 0 aliphatic carbocycles. The highest BCUT2D eigenvalue weighted by Crippen LogP contribution is 2.28. The predicted molar refractivity (Wildman–Crippen MR) is 58.2 cm³/mol. The van der Waals surface area contributed by atoms with Crippen LogP contribution in [-0.4, -0.2) is 9.97 Å². The largest absolute Gasteiger partial charge is 0.432 e. The van der Waals surface area contributed by atoms with Gasteiger partial charge in [-0.15, -0.1) is 0 Å². The molecule has 4 nitrogen and oxygen atoms in total. The lowest BCUT2D eigenvalue weighted by Gasteiger charge is -1.93. The van der Waals surface area contributed by atoms with Gasteiger partial charge in [0.05, 0.1) is 0 Å². The molecule has 16 heavy (non-hydrogen) atoms. The molecule has 2 aromatic heterocycles. The first-order chi connectivity index (χ1) is 7.74. The molecule has 0 radical (unpaired) electrons. The van der Waals surface area contributed by atoms with Gasteiger partial charge in [-0.1, -0.05) is 0 Å². The Labute approximate surface area is 89.9 Å². The number of rotatable bonds is 1. The van der Waals surface area contributed by atoms with Crippen LogP contribution in [0.4, 0.5) is 10.4 Å². The molecule has 0 spiro atoms. The maximum Gasteiger partial charge on any atom is 0.292 e. The van der Waals surface area contributed by atoms with Gasteiger partial charge >= 0.3 is 0 Å². The molecule has 2 heterocycles. The third-order valence-corrected chi connectivity index (χ3v) is 2.44. The van der Waals surface area contributed by atoms with Gasteiger partial charge in [-0.05, 0) is 18.2 Å². The molecule has 0 amide bonds. The van der Waals surface area contributed by atoms with Crippen molar-refractivity contribution in [1.82, 2.24) is 9.97 Å². The Morgan fingerprint density at radius 2 is 2.25 bits per heavy atom. The highest BCUT2D eigenvalue weighted by atomic mass is 19.1. The number of benzene rings is 1. The molecule has 0 saturated heterocycles. The molecule has 0 unspecified atom stereocenters. The van der Waals surface area contributed by atoms with Crippen molar-refractivity contribution >= 4 is 16.9 Å². The average Bonchev–Trinajstić information content (AvgIpc) is 2.83. The quantitative estimate of drug-likeness (QED) is 0.658. The lowest BCUT2D eigenvalue weighted by Crippen LogP contribution is -1.83. The fourth-order valence-electron chi connectivity index (χ4n) is 1.72. The summed E-state index contributed by atoms with van der Waals surface area (Å²) in [7, 11) is 0. The Morgan fingerprint density at radius 3 is 3.00 bits per heavy atom. The zero-order valence-corrected chi connectivity index (χ0v) is 8.20. The topological polar surface area (TPSA) is 67.8 Å². The molecule has 3 rings (SSSR count). The van der Waals surface area contributed by atoms with Crippen molar-refractivity contribution in [1.29, 1.82) is 0 Å². The van der Waals surface area contributed by atoms with Gasteiger partial charge in [-0.2, -0.15) is 4.98 Å². The van der Waals surface area contributed by atoms with Crippen LogP contribution in [-0.2, 0) is 0 Å². The number of fused-ring (bicyclic) bond motifs is 1. The van der Waals surface area contributed by atoms with E-state index < -0.39 is 0 Å². The molecule has 1 aromatic carbocycles. The Bertz CT molecular complexity index is 656. The molecule has 0 bridgehead atoms. The van der Waals surface area contributed by atoms with E-state index in [-0.39, 0.29) is 11.8 Å². The summed E-state index contributed by atoms with van der Waals surface area (Å²) >= 11 is 0. The highest BCUT2D eigenvalue weighted by molar-refractivity contribution is 5.94. The van der Waals surface area contributed by atoms with Crippen LogP contribution < -0.4 is 5.73 Å². The van der Waals surface area contributed by atoms with Crippen molar-refractivity contribution < 1.29 is 8.81 Å². The van der Waals surface area contributed by atoms with Crippen LogP contribution in [0.5, 0.6) is 0 Å². The summed E-state index contributed by atoms with van der Waals surface area (Å²) in [4.78, 5) is 7.00. The minimum Gasteiger partial charge on any atom is -0.432 e. The number of nitrogens with zero attached hydrogens (tertiary/aromatic N) is 1. The molecule has 3 N–H and O–H groups in total. The first-order valence-corrected chi connectivity index (χ1v) is 4.72. The lowest BCUT2D eigenvalue weighted by atomic mass is 10.1. The number of hydrogen-bond acceptors (Lipinski definition) is 3. The van der Waals surface area contributed by atoms with Gasteiger partial charge in [0.25, 0.3) is 6.01 Å². The van der Waals surface area contributed by atoms with Gasteiger partial charge in [0.1, 0.15) is 17.8 Å². The number of H-pyrrole nitrogens is 1. The number of anilines is 1. The summed E-state index contributed by atoms with van der Waals surface area (Å²) in [5.41, 5.74) is 7.60. The van der Waals surface area contributed by atoms with E-state index in [0.717, 1.165) is 16.5 Å². The van der Waals surface area contributed by atoms with Crippen LogP contribution >= 0.6 is 0 Å². The summed E-state index contributed by atoms with van der Waals surface area (Å²) in [6, 6.07) is 4.65.